The number of aryl methyl sites for hydroxylation is 1. The largest absolute Gasteiger partial charge is 0.370 e. The van der Waals surface area contributed by atoms with Crippen molar-refractivity contribution in [3.8, 4) is 0 Å². The lowest BCUT2D eigenvalue weighted by Crippen LogP contribution is -2.35. The van der Waals surface area contributed by atoms with E-state index >= 15 is 0 Å². The lowest BCUT2D eigenvalue weighted by Gasteiger charge is -2.35. The van der Waals surface area contributed by atoms with Crippen LogP contribution < -0.4 is 4.90 Å². The van der Waals surface area contributed by atoms with Crippen molar-refractivity contribution in [1.29, 1.82) is 0 Å². The Morgan fingerprint density at radius 2 is 2.00 bits per heavy atom. The number of imidazole rings is 1. The summed E-state index contributed by atoms with van der Waals surface area (Å²) in [7, 11) is 4.26. The fraction of sp³-hybridized carbons (Fsp3) is 0.455. The molecule has 1 aliphatic heterocycles. The van der Waals surface area contributed by atoms with Gasteiger partial charge in [0, 0.05) is 55.2 Å². The van der Waals surface area contributed by atoms with Gasteiger partial charge in [-0.1, -0.05) is 18.2 Å². The van der Waals surface area contributed by atoms with E-state index in [1.165, 1.54) is 29.7 Å². The number of hydrogen-bond donors (Lipinski definition) is 0. The van der Waals surface area contributed by atoms with Crippen molar-refractivity contribution in [3.63, 3.8) is 0 Å². The summed E-state index contributed by atoms with van der Waals surface area (Å²) in [4.78, 5) is 14.0. The highest BCUT2D eigenvalue weighted by atomic mass is 15.2. The molecule has 0 spiro atoms. The molecule has 0 amide bonds. The van der Waals surface area contributed by atoms with Crippen LogP contribution in [0.3, 0.4) is 0 Å². The molecular formula is C22H29N5. The van der Waals surface area contributed by atoms with Crippen molar-refractivity contribution in [2.45, 2.75) is 31.7 Å². The second-order valence-corrected chi connectivity index (χ2v) is 7.77. The van der Waals surface area contributed by atoms with E-state index in [9.17, 15) is 0 Å². The maximum absolute atomic E-state index is 4.74. The van der Waals surface area contributed by atoms with Gasteiger partial charge in [0.1, 0.15) is 5.82 Å². The second kappa shape index (κ2) is 8.09. The van der Waals surface area contributed by atoms with Gasteiger partial charge in [-0.15, -0.1) is 0 Å². The van der Waals surface area contributed by atoms with Crippen LogP contribution in [0.25, 0.3) is 10.9 Å². The number of anilines is 1. The minimum atomic E-state index is 0.486. The molecule has 27 heavy (non-hydrogen) atoms. The van der Waals surface area contributed by atoms with Gasteiger partial charge in [0.25, 0.3) is 0 Å². The highest BCUT2D eigenvalue weighted by molar-refractivity contribution is 5.91. The summed E-state index contributed by atoms with van der Waals surface area (Å²) in [5, 5.41) is 1.25. The van der Waals surface area contributed by atoms with Gasteiger partial charge in [0.15, 0.2) is 0 Å². The summed E-state index contributed by atoms with van der Waals surface area (Å²) < 4.78 is 2.36. The number of aromatic nitrogens is 3. The number of fused-ring (bicyclic) bond motifs is 1. The zero-order valence-electron chi connectivity index (χ0n) is 16.4. The first-order chi connectivity index (χ1) is 13.2. The SMILES string of the molecule is CN(C)CCCn1ccnc1C1CCCN(c2ccnc3ccccc23)C1. The van der Waals surface area contributed by atoms with Crippen molar-refractivity contribution in [2.24, 2.45) is 0 Å². The molecule has 1 unspecified atom stereocenters. The van der Waals surface area contributed by atoms with Gasteiger partial charge in [0.2, 0.25) is 0 Å². The van der Waals surface area contributed by atoms with E-state index in [4.69, 9.17) is 4.98 Å². The van der Waals surface area contributed by atoms with Gasteiger partial charge in [-0.25, -0.2) is 4.98 Å². The maximum atomic E-state index is 4.74. The molecule has 3 aromatic rings. The standard InChI is InChI=1S/C22H29N5/c1-25(2)13-6-15-26-16-12-24-22(26)18-7-5-14-27(17-18)21-10-11-23-20-9-4-3-8-19(20)21/h3-4,8-12,16,18H,5-7,13-15,17H2,1-2H3. The number of benzene rings is 1. The van der Waals surface area contributed by atoms with E-state index in [1.54, 1.807) is 0 Å². The topological polar surface area (TPSA) is 37.2 Å². The molecule has 0 saturated carbocycles. The van der Waals surface area contributed by atoms with E-state index in [2.05, 4.69) is 70.0 Å². The van der Waals surface area contributed by atoms with E-state index in [1.807, 2.05) is 12.4 Å². The van der Waals surface area contributed by atoms with Gasteiger partial charge in [-0.05, 0) is 52.0 Å². The molecule has 1 aliphatic rings. The average Bonchev–Trinajstić information content (AvgIpc) is 3.16. The molecule has 2 aromatic heterocycles. The minimum Gasteiger partial charge on any atom is -0.370 e. The monoisotopic (exact) mass is 363 g/mol. The Morgan fingerprint density at radius 1 is 1.11 bits per heavy atom. The normalized spacial score (nSPS) is 17.7. The fourth-order valence-electron chi connectivity index (χ4n) is 4.19. The Balaban J connectivity index is 1.53. The summed E-state index contributed by atoms with van der Waals surface area (Å²) in [5.74, 6) is 1.73. The van der Waals surface area contributed by atoms with Crippen LogP contribution in [0.5, 0.6) is 0 Å². The predicted molar refractivity (Wildman–Crippen MR) is 111 cm³/mol. The summed E-state index contributed by atoms with van der Waals surface area (Å²) in [6, 6.07) is 10.6. The van der Waals surface area contributed by atoms with Gasteiger partial charge >= 0.3 is 0 Å². The molecule has 5 nitrogen and oxygen atoms in total. The zero-order valence-corrected chi connectivity index (χ0v) is 16.4. The molecule has 3 heterocycles. The molecule has 4 rings (SSSR count). The van der Waals surface area contributed by atoms with Crippen LogP contribution in [0.1, 0.15) is 31.0 Å². The third-order valence-electron chi connectivity index (χ3n) is 5.51. The lowest BCUT2D eigenvalue weighted by molar-refractivity contribution is 0.380. The van der Waals surface area contributed by atoms with Crippen molar-refractivity contribution >= 4 is 16.6 Å². The predicted octanol–water partition coefficient (Wildman–Crippen LogP) is 3.77. The van der Waals surface area contributed by atoms with Crippen LogP contribution in [0.4, 0.5) is 5.69 Å². The molecule has 0 aliphatic carbocycles. The van der Waals surface area contributed by atoms with Crippen LogP contribution in [-0.2, 0) is 6.54 Å². The Hall–Kier alpha value is -2.40. The molecule has 1 atom stereocenters. The third-order valence-corrected chi connectivity index (χ3v) is 5.51. The average molecular weight is 364 g/mol. The first-order valence-electron chi connectivity index (χ1n) is 9.97. The van der Waals surface area contributed by atoms with Crippen LogP contribution in [-0.4, -0.2) is 53.2 Å². The summed E-state index contributed by atoms with van der Waals surface area (Å²) in [6.45, 7) is 4.28. The van der Waals surface area contributed by atoms with Gasteiger partial charge in [-0.3, -0.25) is 4.98 Å². The van der Waals surface area contributed by atoms with Gasteiger partial charge < -0.3 is 14.4 Å². The third kappa shape index (κ3) is 3.98. The van der Waals surface area contributed by atoms with Crippen LogP contribution in [0.15, 0.2) is 48.9 Å². The van der Waals surface area contributed by atoms with Crippen molar-refractivity contribution in [3.05, 3.63) is 54.7 Å². The van der Waals surface area contributed by atoms with E-state index in [0.717, 1.165) is 38.1 Å². The van der Waals surface area contributed by atoms with Crippen molar-refractivity contribution < 1.29 is 0 Å². The second-order valence-electron chi connectivity index (χ2n) is 7.77. The smallest absolute Gasteiger partial charge is 0.113 e. The minimum absolute atomic E-state index is 0.486. The molecule has 0 bridgehead atoms. The zero-order chi connectivity index (χ0) is 18.6. The van der Waals surface area contributed by atoms with E-state index in [0.29, 0.717) is 5.92 Å². The van der Waals surface area contributed by atoms with Crippen molar-refractivity contribution in [1.82, 2.24) is 19.4 Å². The van der Waals surface area contributed by atoms with Crippen LogP contribution in [0, 0.1) is 0 Å². The number of piperidine rings is 1. The quantitative estimate of drug-likeness (QED) is 0.668. The van der Waals surface area contributed by atoms with E-state index in [-0.39, 0.29) is 0 Å². The van der Waals surface area contributed by atoms with Crippen LogP contribution >= 0.6 is 0 Å². The molecule has 142 valence electrons. The van der Waals surface area contributed by atoms with Crippen LogP contribution in [0.2, 0.25) is 0 Å². The molecule has 1 fully saturated rings. The molecule has 0 radical (unpaired) electrons. The first kappa shape index (κ1) is 18.0. The van der Waals surface area contributed by atoms with E-state index < -0.39 is 0 Å². The maximum Gasteiger partial charge on any atom is 0.113 e. The Labute approximate surface area is 161 Å². The summed E-state index contributed by atoms with van der Waals surface area (Å²) >= 11 is 0. The Bertz CT molecular complexity index is 880. The molecule has 0 N–H and O–H groups in total. The summed E-state index contributed by atoms with van der Waals surface area (Å²) in [6.07, 6.45) is 9.61. The molecule has 5 heteroatoms. The number of para-hydroxylation sites is 1. The highest BCUT2D eigenvalue weighted by Crippen LogP contribution is 2.32. The van der Waals surface area contributed by atoms with Gasteiger partial charge in [-0.2, -0.15) is 0 Å². The Morgan fingerprint density at radius 3 is 2.89 bits per heavy atom. The lowest BCUT2D eigenvalue weighted by atomic mass is 9.96. The molecule has 1 aromatic carbocycles. The number of hydrogen-bond acceptors (Lipinski definition) is 4. The number of pyridine rings is 1. The molecular weight excluding hydrogens is 334 g/mol. The first-order valence-corrected chi connectivity index (χ1v) is 9.97. The number of nitrogens with zero attached hydrogens (tertiary/aromatic N) is 5. The van der Waals surface area contributed by atoms with Gasteiger partial charge in [0.05, 0.1) is 5.52 Å². The van der Waals surface area contributed by atoms with Crippen molar-refractivity contribution in [2.75, 3.05) is 38.6 Å². The fourth-order valence-corrected chi connectivity index (χ4v) is 4.19. The highest BCUT2D eigenvalue weighted by Gasteiger charge is 2.25. The molecule has 1 saturated heterocycles. The summed E-state index contributed by atoms with van der Waals surface area (Å²) in [5.41, 5.74) is 2.37. The Kier molecular flexibility index (Phi) is 5.39. The number of rotatable bonds is 6.